The Morgan fingerprint density at radius 3 is 2.17 bits per heavy atom. The Morgan fingerprint density at radius 1 is 0.850 bits per heavy atom. The van der Waals surface area contributed by atoms with Crippen LogP contribution in [0.2, 0.25) is 15.1 Å². The zero-order valence-electron chi connectivity index (χ0n) is 19.7. The summed E-state index contributed by atoms with van der Waals surface area (Å²) in [6.07, 6.45) is -5.77. The molecule has 0 aromatic heterocycles. The molecular formula is C26H15Cl5F4N2O3. The lowest BCUT2D eigenvalue weighted by molar-refractivity contribution is -0.167. The van der Waals surface area contributed by atoms with E-state index in [0.29, 0.717) is 16.7 Å². The number of rotatable bonds is 7. The second-order valence-corrected chi connectivity index (χ2v) is 11.5. The fraction of sp³-hybridized carbons (Fsp3) is 0.192. The minimum absolute atomic E-state index is 0.0184. The molecule has 4 rings (SSSR count). The zero-order chi connectivity index (χ0) is 29.6. The van der Waals surface area contributed by atoms with Crippen LogP contribution in [0.5, 0.6) is 0 Å². The van der Waals surface area contributed by atoms with Crippen LogP contribution in [0.4, 0.5) is 28.9 Å². The van der Waals surface area contributed by atoms with Crippen LogP contribution in [0.1, 0.15) is 27.4 Å². The van der Waals surface area contributed by atoms with Crippen LogP contribution in [0.15, 0.2) is 54.6 Å². The van der Waals surface area contributed by atoms with Crippen LogP contribution in [0, 0.1) is 11.7 Å². The summed E-state index contributed by atoms with van der Waals surface area (Å²) in [4.78, 5) is 37.4. The number of ketones is 1. The monoisotopic (exact) mass is 654 g/mol. The van der Waals surface area contributed by atoms with Gasteiger partial charge in [0.1, 0.15) is 10.2 Å². The van der Waals surface area contributed by atoms with E-state index in [4.69, 9.17) is 58.0 Å². The molecule has 0 saturated heterocycles. The van der Waals surface area contributed by atoms with Crippen LogP contribution in [0.25, 0.3) is 0 Å². The third-order valence-corrected chi connectivity index (χ3v) is 8.11. The number of anilines is 2. The van der Waals surface area contributed by atoms with Gasteiger partial charge in [-0.15, -0.1) is 23.2 Å². The predicted molar refractivity (Wildman–Crippen MR) is 146 cm³/mol. The smallest absolute Gasteiger partial charge is 0.326 e. The molecule has 0 bridgehead atoms. The molecule has 2 amide bonds. The first kappa shape index (κ1) is 30.4. The highest BCUT2D eigenvalue weighted by molar-refractivity contribution is 6.53. The normalized spacial score (nSPS) is 17.7. The van der Waals surface area contributed by atoms with Gasteiger partial charge < -0.3 is 10.6 Å². The Hall–Kier alpha value is -2.56. The van der Waals surface area contributed by atoms with E-state index in [1.54, 1.807) is 23.5 Å². The molecule has 1 saturated carbocycles. The number of hydrogen-bond acceptors (Lipinski definition) is 3. The van der Waals surface area contributed by atoms with Gasteiger partial charge in [-0.25, -0.2) is 4.39 Å². The number of alkyl halides is 5. The van der Waals surface area contributed by atoms with Crippen molar-refractivity contribution in [2.24, 2.45) is 5.92 Å². The predicted octanol–water partition coefficient (Wildman–Crippen LogP) is 8.24. The van der Waals surface area contributed by atoms with Crippen molar-refractivity contribution in [2.75, 3.05) is 10.6 Å². The molecule has 0 heterocycles. The molecule has 0 spiro atoms. The van der Waals surface area contributed by atoms with E-state index in [1.165, 1.54) is 18.2 Å². The third kappa shape index (κ3) is 6.50. The van der Waals surface area contributed by atoms with E-state index >= 15 is 0 Å². The van der Waals surface area contributed by atoms with Crippen molar-refractivity contribution >= 4 is 87.0 Å². The molecular weight excluding hydrogens is 642 g/mol. The highest BCUT2D eigenvalue weighted by atomic mass is 35.5. The van der Waals surface area contributed by atoms with E-state index in [9.17, 15) is 31.9 Å². The molecule has 1 aliphatic carbocycles. The summed E-state index contributed by atoms with van der Waals surface area (Å²) in [5.41, 5.74) is 0.0484. The molecule has 2 atom stereocenters. The van der Waals surface area contributed by atoms with Crippen molar-refractivity contribution in [3.63, 3.8) is 0 Å². The number of hydrogen-bond donors (Lipinski definition) is 2. The molecule has 0 aliphatic heterocycles. The number of benzene rings is 3. The van der Waals surface area contributed by atoms with Crippen molar-refractivity contribution in [3.05, 3.63) is 92.2 Å². The first-order valence-corrected chi connectivity index (χ1v) is 13.1. The van der Waals surface area contributed by atoms with Crippen LogP contribution >= 0.6 is 58.0 Å². The molecule has 3 aromatic carbocycles. The minimum atomic E-state index is -5.23. The maximum Gasteiger partial charge on any atom is 0.471 e. The summed E-state index contributed by atoms with van der Waals surface area (Å²) >= 11 is 30.9. The van der Waals surface area contributed by atoms with Gasteiger partial charge in [0.15, 0.2) is 5.78 Å². The Kier molecular flexibility index (Phi) is 8.64. The SMILES string of the molecule is O=C(Cc1ccc(F)cc1NC(=O)C(F)(F)F)c1cc(NC(=O)C2C(c3ccc(Cl)c(Cl)c3)C2(Cl)Cl)ccc1Cl. The minimum Gasteiger partial charge on any atom is -0.326 e. The van der Waals surface area contributed by atoms with Crippen LogP contribution in [-0.4, -0.2) is 28.1 Å². The second-order valence-electron chi connectivity index (χ2n) is 8.84. The number of carbonyl (C=O) groups is 3. The molecule has 14 heteroatoms. The van der Waals surface area contributed by atoms with Crippen LogP contribution in [0.3, 0.4) is 0 Å². The number of carbonyl (C=O) groups excluding carboxylic acids is 3. The summed E-state index contributed by atoms with van der Waals surface area (Å²) in [5, 5.41) is 4.75. The summed E-state index contributed by atoms with van der Waals surface area (Å²) in [6.45, 7) is 0. The van der Waals surface area contributed by atoms with Gasteiger partial charge in [0.2, 0.25) is 5.91 Å². The molecule has 2 N–H and O–H groups in total. The van der Waals surface area contributed by atoms with E-state index in [2.05, 4.69) is 5.32 Å². The molecule has 210 valence electrons. The number of amides is 2. The van der Waals surface area contributed by atoms with Gasteiger partial charge in [0.05, 0.1) is 21.0 Å². The first-order chi connectivity index (χ1) is 18.6. The number of Topliss-reactive ketones (excluding diaryl/α,β-unsaturated/α-hetero) is 1. The quantitative estimate of drug-likeness (QED) is 0.153. The van der Waals surface area contributed by atoms with Gasteiger partial charge in [-0.2, -0.15) is 13.2 Å². The fourth-order valence-electron chi connectivity index (χ4n) is 4.09. The fourth-order valence-corrected chi connectivity index (χ4v) is 5.45. The summed E-state index contributed by atoms with van der Waals surface area (Å²) in [7, 11) is 0. The molecule has 2 unspecified atom stereocenters. The number of nitrogens with one attached hydrogen (secondary N) is 2. The molecule has 1 aliphatic rings. The van der Waals surface area contributed by atoms with Crippen LogP contribution < -0.4 is 10.6 Å². The van der Waals surface area contributed by atoms with E-state index in [0.717, 1.165) is 12.1 Å². The second kappa shape index (κ2) is 11.4. The zero-order valence-corrected chi connectivity index (χ0v) is 23.5. The third-order valence-electron chi connectivity index (χ3n) is 6.10. The summed E-state index contributed by atoms with van der Waals surface area (Å²) in [6, 6.07) is 11.4. The van der Waals surface area contributed by atoms with Gasteiger partial charge >= 0.3 is 12.1 Å². The van der Waals surface area contributed by atoms with Gasteiger partial charge in [-0.3, -0.25) is 14.4 Å². The van der Waals surface area contributed by atoms with E-state index in [1.807, 2.05) is 0 Å². The van der Waals surface area contributed by atoms with Crippen molar-refractivity contribution in [1.82, 2.24) is 0 Å². The Bertz CT molecular complexity index is 1530. The number of halogens is 9. The maximum absolute atomic E-state index is 13.7. The van der Waals surface area contributed by atoms with Crippen molar-refractivity contribution < 1.29 is 31.9 Å². The van der Waals surface area contributed by atoms with E-state index < -0.39 is 57.9 Å². The average Bonchev–Trinajstić information content (AvgIpc) is 3.44. The lowest BCUT2D eigenvalue weighted by atomic mass is 10.0. The average molecular weight is 657 g/mol. The van der Waals surface area contributed by atoms with Crippen molar-refractivity contribution in [1.29, 1.82) is 0 Å². The largest absolute Gasteiger partial charge is 0.471 e. The maximum atomic E-state index is 13.7. The first-order valence-electron chi connectivity index (χ1n) is 11.2. The van der Waals surface area contributed by atoms with Gasteiger partial charge in [-0.05, 0) is 53.6 Å². The molecule has 1 fully saturated rings. The van der Waals surface area contributed by atoms with Crippen molar-refractivity contribution in [3.8, 4) is 0 Å². The van der Waals surface area contributed by atoms with Gasteiger partial charge in [0, 0.05) is 29.3 Å². The lowest BCUT2D eigenvalue weighted by Crippen LogP contribution is -2.30. The van der Waals surface area contributed by atoms with Crippen LogP contribution in [-0.2, 0) is 16.0 Å². The molecule has 5 nitrogen and oxygen atoms in total. The lowest BCUT2D eigenvalue weighted by Gasteiger charge is -2.13. The highest BCUT2D eigenvalue weighted by Gasteiger charge is 2.67. The molecule has 0 radical (unpaired) electrons. The van der Waals surface area contributed by atoms with E-state index in [-0.39, 0.29) is 26.9 Å². The summed E-state index contributed by atoms with van der Waals surface area (Å²) in [5.74, 6) is -5.96. The van der Waals surface area contributed by atoms with Gasteiger partial charge in [0.25, 0.3) is 0 Å². The van der Waals surface area contributed by atoms with Crippen molar-refractivity contribution in [2.45, 2.75) is 22.8 Å². The molecule has 3 aromatic rings. The highest BCUT2D eigenvalue weighted by Crippen LogP contribution is 2.65. The Labute approximate surface area is 249 Å². The standard InChI is InChI=1S/C26H15Cl5F4N2O3/c27-16-6-4-14(36-23(39)22-21(25(22,30)31)12-2-5-17(28)18(29)7-12)10-15(16)20(38)8-11-1-3-13(32)9-19(11)37-24(40)26(33,34)35/h1-7,9-10,21-22H,8H2,(H,36,39)(H,37,40). The van der Waals surface area contributed by atoms with Gasteiger partial charge in [-0.1, -0.05) is 46.9 Å². The summed E-state index contributed by atoms with van der Waals surface area (Å²) < 4.78 is 50.4. The Balaban J connectivity index is 1.52. The Morgan fingerprint density at radius 2 is 1.52 bits per heavy atom. The molecule has 40 heavy (non-hydrogen) atoms. The topological polar surface area (TPSA) is 75.3 Å².